The Labute approximate surface area is 105 Å². The Morgan fingerprint density at radius 1 is 1.41 bits per heavy atom. The van der Waals surface area contributed by atoms with E-state index in [1.54, 1.807) is 6.92 Å². The lowest BCUT2D eigenvalue weighted by Crippen LogP contribution is -1.94. The van der Waals surface area contributed by atoms with Gasteiger partial charge in [0.1, 0.15) is 10.8 Å². The van der Waals surface area contributed by atoms with Crippen LogP contribution in [0.5, 0.6) is 5.75 Å². The number of ether oxygens (including phenoxy) is 1. The van der Waals surface area contributed by atoms with Gasteiger partial charge in [-0.1, -0.05) is 12.1 Å². The Balaban J connectivity index is 2.38. The van der Waals surface area contributed by atoms with Crippen molar-refractivity contribution in [3.8, 4) is 16.3 Å². The fourth-order valence-corrected chi connectivity index (χ4v) is 2.46. The number of benzene rings is 1. The van der Waals surface area contributed by atoms with Crippen LogP contribution in [0, 0.1) is 0 Å². The number of aliphatic hydroxyl groups is 1. The minimum atomic E-state index is -0.528. The number of aliphatic hydroxyl groups excluding tert-OH is 1. The smallest absolute Gasteiger partial charge is 0.129 e. The van der Waals surface area contributed by atoms with Crippen molar-refractivity contribution in [2.75, 3.05) is 6.61 Å². The van der Waals surface area contributed by atoms with Gasteiger partial charge in [-0.15, -0.1) is 11.3 Å². The second-order valence-corrected chi connectivity index (χ2v) is 4.54. The van der Waals surface area contributed by atoms with E-state index in [9.17, 15) is 5.11 Å². The van der Waals surface area contributed by atoms with E-state index in [-0.39, 0.29) is 0 Å². The van der Waals surface area contributed by atoms with E-state index in [0.717, 1.165) is 16.3 Å². The standard InChI is InChI=1S/C13H15NO2S/c1-3-16-12-7-5-4-6-10(12)13-14-11(8-17-13)9(2)15/h4-9,15H,3H2,1-2H3. The number of hydrogen-bond acceptors (Lipinski definition) is 4. The van der Waals surface area contributed by atoms with Crippen LogP contribution in [-0.2, 0) is 0 Å². The highest BCUT2D eigenvalue weighted by Crippen LogP contribution is 2.33. The zero-order valence-corrected chi connectivity index (χ0v) is 10.7. The highest BCUT2D eigenvalue weighted by atomic mass is 32.1. The average Bonchev–Trinajstić information content (AvgIpc) is 2.79. The first-order chi connectivity index (χ1) is 8.22. The highest BCUT2D eigenvalue weighted by Gasteiger charge is 2.11. The van der Waals surface area contributed by atoms with Crippen LogP contribution in [0.25, 0.3) is 10.6 Å². The van der Waals surface area contributed by atoms with Gasteiger partial charge < -0.3 is 9.84 Å². The van der Waals surface area contributed by atoms with E-state index >= 15 is 0 Å². The molecule has 1 aromatic carbocycles. The predicted molar refractivity (Wildman–Crippen MR) is 69.4 cm³/mol. The third-order valence-corrected chi connectivity index (χ3v) is 3.26. The maximum Gasteiger partial charge on any atom is 0.129 e. The number of rotatable bonds is 4. The van der Waals surface area contributed by atoms with Gasteiger partial charge in [0.15, 0.2) is 0 Å². The minimum absolute atomic E-state index is 0.528. The van der Waals surface area contributed by atoms with Gasteiger partial charge in [-0.3, -0.25) is 0 Å². The summed E-state index contributed by atoms with van der Waals surface area (Å²) in [7, 11) is 0. The molecule has 2 rings (SSSR count). The van der Waals surface area contributed by atoms with Crippen LogP contribution in [0.15, 0.2) is 29.6 Å². The zero-order valence-electron chi connectivity index (χ0n) is 9.88. The molecule has 3 nitrogen and oxygen atoms in total. The predicted octanol–water partition coefficient (Wildman–Crippen LogP) is 3.26. The molecule has 1 unspecified atom stereocenters. The lowest BCUT2D eigenvalue weighted by molar-refractivity contribution is 0.195. The molecule has 0 saturated carbocycles. The van der Waals surface area contributed by atoms with Crippen molar-refractivity contribution in [1.29, 1.82) is 0 Å². The van der Waals surface area contributed by atoms with Gasteiger partial charge in [-0.2, -0.15) is 0 Å². The molecule has 1 heterocycles. The number of aromatic nitrogens is 1. The van der Waals surface area contributed by atoms with Crippen LogP contribution in [0.1, 0.15) is 25.6 Å². The molecule has 4 heteroatoms. The van der Waals surface area contributed by atoms with Gasteiger partial charge in [0.05, 0.1) is 24.0 Å². The third kappa shape index (κ3) is 2.65. The lowest BCUT2D eigenvalue weighted by atomic mass is 10.2. The molecule has 1 N–H and O–H groups in total. The Kier molecular flexibility index (Phi) is 3.76. The first-order valence-corrected chi connectivity index (χ1v) is 6.46. The Morgan fingerprint density at radius 2 is 2.18 bits per heavy atom. The summed E-state index contributed by atoms with van der Waals surface area (Å²) in [4.78, 5) is 4.41. The maximum atomic E-state index is 9.47. The van der Waals surface area contributed by atoms with E-state index in [4.69, 9.17) is 4.74 Å². The summed E-state index contributed by atoms with van der Waals surface area (Å²) >= 11 is 1.52. The van der Waals surface area contributed by atoms with Crippen molar-refractivity contribution in [2.24, 2.45) is 0 Å². The van der Waals surface area contributed by atoms with Gasteiger partial charge in [-0.05, 0) is 26.0 Å². The van der Waals surface area contributed by atoms with Crippen molar-refractivity contribution in [3.63, 3.8) is 0 Å². The Bertz CT molecular complexity index is 494. The van der Waals surface area contributed by atoms with Crippen LogP contribution >= 0.6 is 11.3 Å². The first-order valence-electron chi connectivity index (χ1n) is 5.58. The molecule has 1 aromatic heterocycles. The van der Waals surface area contributed by atoms with Crippen LogP contribution in [-0.4, -0.2) is 16.7 Å². The van der Waals surface area contributed by atoms with E-state index in [0.29, 0.717) is 12.3 Å². The van der Waals surface area contributed by atoms with Gasteiger partial charge in [0.25, 0.3) is 0 Å². The zero-order chi connectivity index (χ0) is 12.3. The molecule has 0 amide bonds. The first kappa shape index (κ1) is 12.1. The summed E-state index contributed by atoms with van der Waals surface area (Å²) in [5.74, 6) is 0.835. The molecule has 90 valence electrons. The number of hydrogen-bond donors (Lipinski definition) is 1. The summed E-state index contributed by atoms with van der Waals surface area (Å²) in [6, 6.07) is 7.82. The SMILES string of the molecule is CCOc1ccccc1-c1nc(C(C)O)cs1. The molecule has 0 spiro atoms. The molecule has 0 aliphatic rings. The third-order valence-electron chi connectivity index (χ3n) is 2.37. The highest BCUT2D eigenvalue weighted by molar-refractivity contribution is 7.13. The number of nitrogens with zero attached hydrogens (tertiary/aromatic N) is 1. The summed E-state index contributed by atoms with van der Waals surface area (Å²) < 4.78 is 5.57. The molecule has 1 atom stereocenters. The molecule has 2 aromatic rings. The van der Waals surface area contributed by atoms with Crippen molar-refractivity contribution < 1.29 is 9.84 Å². The second kappa shape index (κ2) is 5.29. The molecule has 0 fully saturated rings. The van der Waals surface area contributed by atoms with Gasteiger partial charge in [0.2, 0.25) is 0 Å². The molecule has 0 bridgehead atoms. The Hall–Kier alpha value is -1.39. The summed E-state index contributed by atoms with van der Waals surface area (Å²) in [6.07, 6.45) is -0.528. The topological polar surface area (TPSA) is 42.4 Å². The van der Waals surface area contributed by atoms with E-state index in [1.807, 2.05) is 36.6 Å². The fraction of sp³-hybridized carbons (Fsp3) is 0.308. The van der Waals surface area contributed by atoms with Crippen molar-refractivity contribution in [1.82, 2.24) is 4.98 Å². The molecule has 0 saturated heterocycles. The summed E-state index contributed by atoms with van der Waals surface area (Å²) in [6.45, 7) is 4.30. The van der Waals surface area contributed by atoms with Crippen molar-refractivity contribution in [2.45, 2.75) is 20.0 Å². The summed E-state index contributed by atoms with van der Waals surface area (Å²) in [5.41, 5.74) is 1.68. The molecular formula is C13H15NO2S. The fourth-order valence-electron chi connectivity index (χ4n) is 1.53. The molecular weight excluding hydrogens is 234 g/mol. The van der Waals surface area contributed by atoms with Crippen molar-refractivity contribution in [3.05, 3.63) is 35.3 Å². The molecule has 0 aliphatic carbocycles. The monoisotopic (exact) mass is 249 g/mol. The van der Waals surface area contributed by atoms with Crippen LogP contribution < -0.4 is 4.74 Å². The number of para-hydroxylation sites is 1. The van der Waals surface area contributed by atoms with Crippen LogP contribution in [0.2, 0.25) is 0 Å². The Morgan fingerprint density at radius 3 is 2.82 bits per heavy atom. The molecule has 0 radical (unpaired) electrons. The normalized spacial score (nSPS) is 12.4. The average molecular weight is 249 g/mol. The molecule has 17 heavy (non-hydrogen) atoms. The van der Waals surface area contributed by atoms with Gasteiger partial charge >= 0.3 is 0 Å². The van der Waals surface area contributed by atoms with E-state index in [2.05, 4.69) is 4.98 Å². The lowest BCUT2D eigenvalue weighted by Gasteiger charge is -2.07. The van der Waals surface area contributed by atoms with Crippen molar-refractivity contribution >= 4 is 11.3 Å². The van der Waals surface area contributed by atoms with E-state index in [1.165, 1.54) is 11.3 Å². The minimum Gasteiger partial charge on any atom is -0.493 e. The van der Waals surface area contributed by atoms with Crippen LogP contribution in [0.4, 0.5) is 0 Å². The van der Waals surface area contributed by atoms with Crippen LogP contribution in [0.3, 0.4) is 0 Å². The van der Waals surface area contributed by atoms with Gasteiger partial charge in [-0.25, -0.2) is 4.98 Å². The largest absolute Gasteiger partial charge is 0.493 e. The summed E-state index contributed by atoms with van der Waals surface area (Å²) in [5, 5.41) is 12.2. The maximum absolute atomic E-state index is 9.47. The quantitative estimate of drug-likeness (QED) is 0.904. The second-order valence-electron chi connectivity index (χ2n) is 3.68. The van der Waals surface area contributed by atoms with Gasteiger partial charge in [0, 0.05) is 5.38 Å². The number of thiazole rings is 1. The van der Waals surface area contributed by atoms with E-state index < -0.39 is 6.10 Å². The molecule has 0 aliphatic heterocycles.